The summed E-state index contributed by atoms with van der Waals surface area (Å²) in [7, 11) is 2.12. The van der Waals surface area contributed by atoms with Gasteiger partial charge in [0.1, 0.15) is 0 Å². The highest BCUT2D eigenvalue weighted by atomic mass is 15.2. The number of aromatic amines is 1. The lowest BCUT2D eigenvalue weighted by molar-refractivity contribution is 0.306. The molecule has 0 radical (unpaired) electrons. The molecule has 2 aromatic heterocycles. The third-order valence-electron chi connectivity index (χ3n) is 3.41. The first kappa shape index (κ1) is 14.8. The summed E-state index contributed by atoms with van der Waals surface area (Å²) < 4.78 is 2.17. The highest BCUT2D eigenvalue weighted by Crippen LogP contribution is 2.20. The van der Waals surface area contributed by atoms with Gasteiger partial charge in [-0.3, -0.25) is 10.00 Å². The molecule has 1 N–H and O–H groups in total. The predicted octanol–water partition coefficient (Wildman–Crippen LogP) is 2.56. The molecule has 0 atom stereocenters. The van der Waals surface area contributed by atoms with Crippen LogP contribution < -0.4 is 0 Å². The van der Waals surface area contributed by atoms with E-state index in [0.717, 1.165) is 31.0 Å². The van der Waals surface area contributed by atoms with E-state index in [-0.39, 0.29) is 5.41 Å². The molecule has 2 rings (SSSR count). The van der Waals surface area contributed by atoms with Crippen LogP contribution in [0.15, 0.2) is 18.6 Å². The smallest absolute Gasteiger partial charge is 0.0948 e. The van der Waals surface area contributed by atoms with E-state index in [0.29, 0.717) is 0 Å². The predicted molar refractivity (Wildman–Crippen MR) is 80.4 cm³/mol. The van der Waals surface area contributed by atoms with Gasteiger partial charge in [-0.05, 0) is 20.0 Å². The van der Waals surface area contributed by atoms with Crippen LogP contribution in [0.25, 0.3) is 0 Å². The second-order valence-corrected chi connectivity index (χ2v) is 6.37. The molecule has 2 heterocycles. The van der Waals surface area contributed by atoms with Crippen LogP contribution in [-0.2, 0) is 25.0 Å². The van der Waals surface area contributed by atoms with Crippen molar-refractivity contribution in [3.05, 3.63) is 35.7 Å². The van der Waals surface area contributed by atoms with Crippen molar-refractivity contribution in [2.24, 2.45) is 0 Å². The first-order valence-electron chi connectivity index (χ1n) is 7.12. The lowest BCUT2D eigenvalue weighted by Crippen LogP contribution is -2.19. The summed E-state index contributed by atoms with van der Waals surface area (Å²) in [6.45, 7) is 11.4. The highest BCUT2D eigenvalue weighted by Gasteiger charge is 2.17. The Labute approximate surface area is 121 Å². The molecule has 0 aliphatic carbocycles. The summed E-state index contributed by atoms with van der Waals surface area (Å²) in [6, 6.07) is 2.16. The lowest BCUT2D eigenvalue weighted by atomic mass is 9.92. The third kappa shape index (κ3) is 3.48. The molecule has 0 saturated carbocycles. The molecular formula is C15H25N5. The molecule has 5 nitrogen and oxygen atoms in total. The van der Waals surface area contributed by atoms with Gasteiger partial charge < -0.3 is 4.57 Å². The molecule has 0 amide bonds. The van der Waals surface area contributed by atoms with Gasteiger partial charge in [-0.15, -0.1) is 0 Å². The highest BCUT2D eigenvalue weighted by molar-refractivity contribution is 5.16. The fraction of sp³-hybridized carbons (Fsp3) is 0.600. The third-order valence-corrected chi connectivity index (χ3v) is 3.41. The van der Waals surface area contributed by atoms with Crippen molar-refractivity contribution in [1.82, 2.24) is 24.6 Å². The van der Waals surface area contributed by atoms with Gasteiger partial charge in [0.25, 0.3) is 0 Å². The van der Waals surface area contributed by atoms with Crippen molar-refractivity contribution in [2.45, 2.75) is 52.7 Å². The minimum absolute atomic E-state index is 0.0914. The van der Waals surface area contributed by atoms with E-state index in [9.17, 15) is 0 Å². The number of rotatable bonds is 5. The summed E-state index contributed by atoms with van der Waals surface area (Å²) in [6.07, 6.45) is 3.82. The second kappa shape index (κ2) is 5.79. The fourth-order valence-electron chi connectivity index (χ4n) is 2.21. The molecule has 110 valence electrons. The number of hydrogen-bond acceptors (Lipinski definition) is 3. The van der Waals surface area contributed by atoms with Crippen LogP contribution in [0.2, 0.25) is 0 Å². The molecule has 0 spiro atoms. The Hall–Kier alpha value is -1.62. The number of nitrogens with zero attached hydrogens (tertiary/aromatic N) is 4. The number of nitrogens with one attached hydrogen (secondary N) is 1. The maximum atomic E-state index is 4.40. The van der Waals surface area contributed by atoms with Crippen LogP contribution in [0.3, 0.4) is 0 Å². The van der Waals surface area contributed by atoms with Crippen molar-refractivity contribution in [3.63, 3.8) is 0 Å². The maximum absolute atomic E-state index is 4.40. The molecule has 20 heavy (non-hydrogen) atoms. The minimum Gasteiger partial charge on any atom is -0.334 e. The van der Waals surface area contributed by atoms with E-state index < -0.39 is 0 Å². The first-order chi connectivity index (χ1) is 9.40. The van der Waals surface area contributed by atoms with Gasteiger partial charge in [0.15, 0.2) is 0 Å². The molecule has 0 aliphatic heterocycles. The standard InChI is InChI=1S/C15H25N5/c1-6-20-11-16-8-13(20)10-19(5)9-12-7-14(18-17-12)15(2,3)4/h7-8,11H,6,9-10H2,1-5H3,(H,17,18). The van der Waals surface area contributed by atoms with E-state index in [4.69, 9.17) is 0 Å². The van der Waals surface area contributed by atoms with Crippen LogP contribution >= 0.6 is 0 Å². The van der Waals surface area contributed by atoms with Gasteiger partial charge in [-0.25, -0.2) is 4.98 Å². The number of hydrogen-bond donors (Lipinski definition) is 1. The second-order valence-electron chi connectivity index (χ2n) is 6.37. The zero-order valence-electron chi connectivity index (χ0n) is 13.1. The minimum atomic E-state index is 0.0914. The van der Waals surface area contributed by atoms with Gasteiger partial charge in [0.2, 0.25) is 0 Å². The van der Waals surface area contributed by atoms with Gasteiger partial charge in [-0.1, -0.05) is 20.8 Å². The lowest BCUT2D eigenvalue weighted by Gasteiger charge is -2.16. The Kier molecular flexibility index (Phi) is 4.28. The van der Waals surface area contributed by atoms with Crippen molar-refractivity contribution in [1.29, 1.82) is 0 Å². The topological polar surface area (TPSA) is 49.7 Å². The number of aromatic nitrogens is 4. The largest absolute Gasteiger partial charge is 0.334 e. The fourth-order valence-corrected chi connectivity index (χ4v) is 2.21. The summed E-state index contributed by atoms with van der Waals surface area (Å²) >= 11 is 0. The van der Waals surface area contributed by atoms with E-state index in [1.54, 1.807) is 0 Å². The Bertz CT molecular complexity index is 547. The van der Waals surface area contributed by atoms with E-state index in [1.807, 2.05) is 12.5 Å². The molecule has 0 fully saturated rings. The average Bonchev–Trinajstić information content (AvgIpc) is 2.97. The molecule has 0 bridgehead atoms. The van der Waals surface area contributed by atoms with Crippen molar-refractivity contribution in [2.75, 3.05) is 7.05 Å². The van der Waals surface area contributed by atoms with Gasteiger partial charge in [0, 0.05) is 36.9 Å². The Morgan fingerprint density at radius 1 is 1.30 bits per heavy atom. The van der Waals surface area contributed by atoms with Crippen LogP contribution in [0.5, 0.6) is 0 Å². The van der Waals surface area contributed by atoms with Crippen LogP contribution in [-0.4, -0.2) is 31.7 Å². The summed E-state index contributed by atoms with van der Waals surface area (Å²) in [5, 5.41) is 7.54. The van der Waals surface area contributed by atoms with Crippen molar-refractivity contribution >= 4 is 0 Å². The number of imidazole rings is 1. The molecule has 0 saturated heterocycles. The number of aryl methyl sites for hydroxylation is 1. The van der Waals surface area contributed by atoms with E-state index >= 15 is 0 Å². The van der Waals surface area contributed by atoms with Crippen LogP contribution in [0.4, 0.5) is 0 Å². The van der Waals surface area contributed by atoms with Gasteiger partial charge in [-0.2, -0.15) is 5.10 Å². The summed E-state index contributed by atoms with van der Waals surface area (Å²) in [5.74, 6) is 0. The molecule has 2 aromatic rings. The van der Waals surface area contributed by atoms with Gasteiger partial charge >= 0.3 is 0 Å². The molecule has 0 aromatic carbocycles. The van der Waals surface area contributed by atoms with Crippen LogP contribution in [0.1, 0.15) is 44.8 Å². The average molecular weight is 275 g/mol. The Balaban J connectivity index is 1.98. The zero-order chi connectivity index (χ0) is 14.8. The van der Waals surface area contributed by atoms with E-state index in [2.05, 4.69) is 65.5 Å². The van der Waals surface area contributed by atoms with Crippen molar-refractivity contribution < 1.29 is 0 Å². The molecule has 0 unspecified atom stereocenters. The Morgan fingerprint density at radius 3 is 2.65 bits per heavy atom. The number of H-pyrrole nitrogens is 1. The quantitative estimate of drug-likeness (QED) is 0.912. The summed E-state index contributed by atoms with van der Waals surface area (Å²) in [4.78, 5) is 6.47. The summed E-state index contributed by atoms with van der Waals surface area (Å²) in [5.41, 5.74) is 3.60. The van der Waals surface area contributed by atoms with Gasteiger partial charge in [0.05, 0.1) is 17.7 Å². The van der Waals surface area contributed by atoms with Crippen LogP contribution in [0, 0.1) is 0 Å². The zero-order valence-corrected chi connectivity index (χ0v) is 13.1. The molecular weight excluding hydrogens is 250 g/mol. The maximum Gasteiger partial charge on any atom is 0.0948 e. The molecule has 0 aliphatic rings. The Morgan fingerprint density at radius 2 is 2.05 bits per heavy atom. The monoisotopic (exact) mass is 275 g/mol. The first-order valence-corrected chi connectivity index (χ1v) is 7.12. The SMILES string of the molecule is CCn1cncc1CN(C)Cc1cc(C(C)(C)C)n[nH]1. The normalized spacial score (nSPS) is 12.3. The van der Waals surface area contributed by atoms with Crippen molar-refractivity contribution in [3.8, 4) is 0 Å². The van der Waals surface area contributed by atoms with E-state index in [1.165, 1.54) is 5.69 Å². The molecule has 5 heteroatoms.